The Morgan fingerprint density at radius 3 is 2.61 bits per heavy atom. The molecular formula is C20H31N5O3. The smallest absolute Gasteiger partial charge is 0.233 e. The molecular weight excluding hydrogens is 358 g/mol. The van der Waals surface area contributed by atoms with Crippen LogP contribution in [0.1, 0.15) is 32.3 Å². The second kappa shape index (κ2) is 12.1. The van der Waals surface area contributed by atoms with Crippen molar-refractivity contribution in [1.82, 2.24) is 15.5 Å². The maximum Gasteiger partial charge on any atom is 0.233 e. The van der Waals surface area contributed by atoms with E-state index in [4.69, 9.17) is 15.3 Å². The van der Waals surface area contributed by atoms with Crippen LogP contribution < -0.4 is 26.1 Å². The normalized spacial score (nSPS) is 12.0. The number of aliphatic hydroxyl groups excluding tert-OH is 1. The van der Waals surface area contributed by atoms with Crippen molar-refractivity contribution in [3.05, 3.63) is 42.0 Å². The third-order valence-electron chi connectivity index (χ3n) is 4.04. The van der Waals surface area contributed by atoms with Crippen molar-refractivity contribution in [2.24, 2.45) is 5.84 Å². The lowest BCUT2D eigenvalue weighted by molar-refractivity contribution is 0.104. The van der Waals surface area contributed by atoms with E-state index in [-0.39, 0.29) is 6.61 Å². The first-order valence-electron chi connectivity index (χ1n) is 9.63. The molecule has 0 aliphatic heterocycles. The molecule has 0 radical (unpaired) electrons. The first-order chi connectivity index (χ1) is 13.6. The Kier molecular flexibility index (Phi) is 9.47. The minimum atomic E-state index is -0.536. The summed E-state index contributed by atoms with van der Waals surface area (Å²) in [4.78, 5) is 0. The number of benzene rings is 1. The second-order valence-electron chi connectivity index (χ2n) is 6.84. The van der Waals surface area contributed by atoms with E-state index in [9.17, 15) is 5.11 Å². The number of nitrogens with one attached hydrogen (secondary N) is 2. The summed E-state index contributed by atoms with van der Waals surface area (Å²) in [5, 5.41) is 21.0. The standard InChI is InChI=1S/C20H31N5O3/c1-15(2)22-13-17(26)14-28-18-9-4-3-7-16(18)8-5-6-12-27-20-11-10-19(23-21)24-25-20/h3-4,7,9-11,15,17,22,26H,5-6,8,12-14,21H2,1-2H3,(H,23,24). The van der Waals surface area contributed by atoms with E-state index >= 15 is 0 Å². The van der Waals surface area contributed by atoms with E-state index in [2.05, 4.69) is 27.0 Å². The summed E-state index contributed by atoms with van der Waals surface area (Å²) in [5.41, 5.74) is 3.55. The molecule has 8 nitrogen and oxygen atoms in total. The number of aliphatic hydroxyl groups is 1. The second-order valence-corrected chi connectivity index (χ2v) is 6.84. The fourth-order valence-corrected chi connectivity index (χ4v) is 2.54. The number of aryl methyl sites for hydroxylation is 1. The van der Waals surface area contributed by atoms with Gasteiger partial charge in [-0.2, -0.15) is 0 Å². The Labute approximate surface area is 166 Å². The highest BCUT2D eigenvalue weighted by Crippen LogP contribution is 2.20. The van der Waals surface area contributed by atoms with Gasteiger partial charge in [-0.3, -0.25) is 0 Å². The number of hydrogen-bond donors (Lipinski definition) is 4. The third-order valence-corrected chi connectivity index (χ3v) is 4.04. The van der Waals surface area contributed by atoms with Gasteiger partial charge in [0.15, 0.2) is 5.82 Å². The molecule has 1 unspecified atom stereocenters. The zero-order chi connectivity index (χ0) is 20.2. The lowest BCUT2D eigenvalue weighted by Crippen LogP contribution is -2.35. The van der Waals surface area contributed by atoms with E-state index in [1.807, 2.05) is 32.0 Å². The molecule has 0 fully saturated rings. The number of anilines is 1. The minimum Gasteiger partial charge on any atom is -0.491 e. The van der Waals surface area contributed by atoms with Crippen molar-refractivity contribution in [1.29, 1.82) is 0 Å². The van der Waals surface area contributed by atoms with Crippen LogP contribution in [0.4, 0.5) is 5.82 Å². The van der Waals surface area contributed by atoms with E-state index < -0.39 is 6.10 Å². The van der Waals surface area contributed by atoms with Crippen LogP contribution in [0.15, 0.2) is 36.4 Å². The molecule has 0 saturated carbocycles. The third kappa shape index (κ3) is 8.08. The van der Waals surface area contributed by atoms with Crippen molar-refractivity contribution in [3.8, 4) is 11.6 Å². The Balaban J connectivity index is 1.70. The van der Waals surface area contributed by atoms with Crippen molar-refractivity contribution < 1.29 is 14.6 Å². The summed E-state index contributed by atoms with van der Waals surface area (Å²) in [6.07, 6.45) is 2.18. The average molecular weight is 390 g/mol. The van der Waals surface area contributed by atoms with Gasteiger partial charge in [0.25, 0.3) is 0 Å². The van der Waals surface area contributed by atoms with Gasteiger partial charge in [-0.1, -0.05) is 32.0 Å². The summed E-state index contributed by atoms with van der Waals surface area (Å²) in [5.74, 6) is 7.05. The van der Waals surface area contributed by atoms with Crippen molar-refractivity contribution in [2.75, 3.05) is 25.2 Å². The van der Waals surface area contributed by atoms with Crippen LogP contribution in [-0.4, -0.2) is 47.2 Å². The van der Waals surface area contributed by atoms with Gasteiger partial charge in [0, 0.05) is 18.7 Å². The van der Waals surface area contributed by atoms with Crippen molar-refractivity contribution in [2.45, 2.75) is 45.3 Å². The first-order valence-corrected chi connectivity index (χ1v) is 9.63. The molecule has 1 atom stereocenters. The largest absolute Gasteiger partial charge is 0.491 e. The van der Waals surface area contributed by atoms with Gasteiger partial charge < -0.3 is 25.3 Å². The molecule has 0 bridgehead atoms. The summed E-state index contributed by atoms with van der Waals surface area (Å²) < 4.78 is 11.4. The van der Waals surface area contributed by atoms with Crippen LogP contribution in [0.2, 0.25) is 0 Å². The Morgan fingerprint density at radius 1 is 1.07 bits per heavy atom. The zero-order valence-electron chi connectivity index (χ0n) is 16.6. The number of nitrogens with two attached hydrogens (primary N) is 1. The number of unbranched alkanes of at least 4 members (excludes halogenated alkanes) is 1. The van der Waals surface area contributed by atoms with Gasteiger partial charge in [0.05, 0.1) is 6.61 Å². The van der Waals surface area contributed by atoms with E-state index in [1.54, 1.807) is 12.1 Å². The summed E-state index contributed by atoms with van der Waals surface area (Å²) >= 11 is 0. The monoisotopic (exact) mass is 389 g/mol. The van der Waals surface area contributed by atoms with Crippen LogP contribution in [0.25, 0.3) is 0 Å². The molecule has 2 aromatic rings. The molecule has 154 valence electrons. The SMILES string of the molecule is CC(C)NCC(O)COc1ccccc1CCCCOc1ccc(NN)nn1. The van der Waals surface area contributed by atoms with Gasteiger partial charge in [-0.25, -0.2) is 5.84 Å². The maximum absolute atomic E-state index is 10.0. The minimum absolute atomic E-state index is 0.270. The Morgan fingerprint density at radius 2 is 1.89 bits per heavy atom. The predicted octanol–water partition coefficient (Wildman–Crippen LogP) is 1.90. The van der Waals surface area contributed by atoms with Gasteiger partial charge in [-0.05, 0) is 37.0 Å². The van der Waals surface area contributed by atoms with Crippen LogP contribution in [-0.2, 0) is 6.42 Å². The highest BCUT2D eigenvalue weighted by Gasteiger charge is 2.08. The fraction of sp³-hybridized carbons (Fsp3) is 0.500. The molecule has 28 heavy (non-hydrogen) atoms. The molecule has 1 heterocycles. The maximum atomic E-state index is 10.0. The topological polar surface area (TPSA) is 115 Å². The zero-order valence-corrected chi connectivity index (χ0v) is 16.6. The molecule has 0 saturated heterocycles. The van der Waals surface area contributed by atoms with E-state index in [1.165, 1.54) is 0 Å². The number of ether oxygens (including phenoxy) is 2. The molecule has 1 aromatic carbocycles. The molecule has 0 aliphatic carbocycles. The summed E-state index contributed by atoms with van der Waals surface area (Å²) in [6.45, 7) is 5.44. The molecule has 5 N–H and O–H groups in total. The lowest BCUT2D eigenvalue weighted by Gasteiger charge is -2.16. The van der Waals surface area contributed by atoms with Crippen LogP contribution in [0.3, 0.4) is 0 Å². The van der Waals surface area contributed by atoms with Gasteiger partial charge in [0.1, 0.15) is 18.5 Å². The molecule has 1 aromatic heterocycles. The van der Waals surface area contributed by atoms with Gasteiger partial charge >= 0.3 is 0 Å². The quantitative estimate of drug-likeness (QED) is 0.233. The Bertz CT molecular complexity index is 682. The van der Waals surface area contributed by atoms with Crippen LogP contribution in [0, 0.1) is 0 Å². The first kappa shape index (κ1) is 21.9. The van der Waals surface area contributed by atoms with Crippen molar-refractivity contribution >= 4 is 5.82 Å². The molecule has 0 amide bonds. The van der Waals surface area contributed by atoms with E-state index in [0.29, 0.717) is 30.9 Å². The molecule has 0 spiro atoms. The molecule has 2 rings (SSSR count). The predicted molar refractivity (Wildman–Crippen MR) is 109 cm³/mol. The van der Waals surface area contributed by atoms with Crippen LogP contribution in [0.5, 0.6) is 11.6 Å². The van der Waals surface area contributed by atoms with Crippen LogP contribution >= 0.6 is 0 Å². The van der Waals surface area contributed by atoms with Gasteiger partial charge in [-0.15, -0.1) is 10.2 Å². The van der Waals surface area contributed by atoms with Gasteiger partial charge in [0.2, 0.25) is 5.88 Å². The number of hydrazine groups is 1. The van der Waals surface area contributed by atoms with E-state index in [0.717, 1.165) is 30.6 Å². The fourth-order valence-electron chi connectivity index (χ4n) is 2.54. The number of hydrogen-bond acceptors (Lipinski definition) is 8. The summed E-state index contributed by atoms with van der Waals surface area (Å²) in [7, 11) is 0. The highest BCUT2D eigenvalue weighted by atomic mass is 16.5. The Hall–Kier alpha value is -2.42. The number of aromatic nitrogens is 2. The highest BCUT2D eigenvalue weighted by molar-refractivity contribution is 5.33. The number of para-hydroxylation sites is 1. The summed E-state index contributed by atoms with van der Waals surface area (Å²) in [6, 6.07) is 11.7. The molecule has 0 aliphatic rings. The number of nitrogen functional groups attached to an aromatic ring is 1. The van der Waals surface area contributed by atoms with Crippen molar-refractivity contribution in [3.63, 3.8) is 0 Å². The number of nitrogens with zero attached hydrogens (tertiary/aromatic N) is 2. The number of rotatable bonds is 13. The lowest BCUT2D eigenvalue weighted by atomic mass is 10.1. The molecule has 8 heteroatoms. The average Bonchev–Trinajstić information content (AvgIpc) is 2.71.